The van der Waals surface area contributed by atoms with Crippen LogP contribution in [0.1, 0.15) is 43.2 Å². The molecule has 3 N–H and O–H groups in total. The summed E-state index contributed by atoms with van der Waals surface area (Å²) in [7, 11) is 0. The summed E-state index contributed by atoms with van der Waals surface area (Å²) in [6, 6.07) is 14.2. The second-order valence-electron chi connectivity index (χ2n) is 6.32. The molecule has 0 atom stereocenters. The third-order valence-electron chi connectivity index (χ3n) is 4.04. The van der Waals surface area contributed by atoms with Crippen molar-refractivity contribution >= 4 is 29.1 Å². The molecule has 0 aliphatic rings. The summed E-state index contributed by atoms with van der Waals surface area (Å²) < 4.78 is 5.20. The van der Waals surface area contributed by atoms with E-state index in [4.69, 9.17) is 4.42 Å². The van der Waals surface area contributed by atoms with Crippen molar-refractivity contribution in [2.45, 2.75) is 26.6 Å². The molecule has 0 bridgehead atoms. The van der Waals surface area contributed by atoms with Gasteiger partial charge in [0.15, 0.2) is 0 Å². The summed E-state index contributed by atoms with van der Waals surface area (Å²) >= 11 is 1.33. The van der Waals surface area contributed by atoms with E-state index in [2.05, 4.69) is 16.0 Å². The number of hydrogen-bond donors (Lipinski definition) is 3. The maximum Gasteiger partial charge on any atom is 0.261 e. The number of furan rings is 1. The van der Waals surface area contributed by atoms with Crippen molar-refractivity contribution in [3.63, 3.8) is 0 Å². The van der Waals surface area contributed by atoms with Crippen LogP contribution in [0.5, 0.6) is 0 Å². The van der Waals surface area contributed by atoms with Gasteiger partial charge >= 0.3 is 0 Å². The smallest absolute Gasteiger partial charge is 0.261 e. The SMILES string of the molecule is CC(=O)NCc1ccc(C(=O)NCc2cccc(C(=O)NCc3ccco3)c2)s1. The van der Waals surface area contributed by atoms with Crippen molar-refractivity contribution in [1.82, 2.24) is 16.0 Å². The quantitative estimate of drug-likeness (QED) is 0.531. The first kappa shape index (κ1) is 20.3. The Kier molecular flexibility index (Phi) is 6.80. The number of rotatable bonds is 8. The van der Waals surface area contributed by atoms with Gasteiger partial charge < -0.3 is 20.4 Å². The zero-order chi connectivity index (χ0) is 20.6. The highest BCUT2D eigenvalue weighted by Crippen LogP contribution is 2.16. The van der Waals surface area contributed by atoms with E-state index >= 15 is 0 Å². The lowest BCUT2D eigenvalue weighted by atomic mass is 10.1. The fraction of sp³-hybridized carbons (Fsp3) is 0.190. The van der Waals surface area contributed by atoms with Crippen LogP contribution in [0.3, 0.4) is 0 Å². The fourth-order valence-electron chi connectivity index (χ4n) is 2.58. The second kappa shape index (κ2) is 9.70. The van der Waals surface area contributed by atoms with Gasteiger partial charge in [-0.2, -0.15) is 0 Å². The van der Waals surface area contributed by atoms with Gasteiger partial charge in [0, 0.05) is 23.9 Å². The molecule has 0 unspecified atom stereocenters. The minimum atomic E-state index is -0.213. The van der Waals surface area contributed by atoms with Crippen LogP contribution in [0.2, 0.25) is 0 Å². The number of thiophene rings is 1. The third kappa shape index (κ3) is 6.05. The normalized spacial score (nSPS) is 10.4. The van der Waals surface area contributed by atoms with E-state index in [0.29, 0.717) is 35.8 Å². The average Bonchev–Trinajstić information content (AvgIpc) is 3.41. The van der Waals surface area contributed by atoms with Gasteiger partial charge in [-0.1, -0.05) is 12.1 Å². The molecular weight excluding hydrogens is 390 g/mol. The van der Waals surface area contributed by atoms with Gasteiger partial charge in [-0.3, -0.25) is 14.4 Å². The van der Waals surface area contributed by atoms with Crippen LogP contribution in [0, 0.1) is 0 Å². The van der Waals surface area contributed by atoms with E-state index < -0.39 is 0 Å². The molecular formula is C21H21N3O4S. The van der Waals surface area contributed by atoms with Gasteiger partial charge in [0.2, 0.25) is 5.91 Å². The van der Waals surface area contributed by atoms with Crippen LogP contribution in [0.25, 0.3) is 0 Å². The Morgan fingerprint density at radius 1 is 0.897 bits per heavy atom. The Morgan fingerprint density at radius 2 is 1.72 bits per heavy atom. The molecule has 3 rings (SSSR count). The fourth-order valence-corrected chi connectivity index (χ4v) is 3.44. The van der Waals surface area contributed by atoms with Crippen molar-refractivity contribution in [3.8, 4) is 0 Å². The predicted octanol–water partition coefficient (Wildman–Crippen LogP) is 2.84. The first-order chi connectivity index (χ1) is 14.0. The molecule has 0 fully saturated rings. The van der Waals surface area contributed by atoms with Crippen LogP contribution in [0.4, 0.5) is 0 Å². The molecule has 3 amide bonds. The van der Waals surface area contributed by atoms with Gasteiger partial charge in [-0.15, -0.1) is 11.3 Å². The molecule has 3 aromatic rings. The number of amides is 3. The van der Waals surface area contributed by atoms with E-state index in [9.17, 15) is 14.4 Å². The largest absolute Gasteiger partial charge is 0.467 e. The van der Waals surface area contributed by atoms with Gasteiger partial charge in [-0.25, -0.2) is 0 Å². The molecule has 2 aromatic heterocycles. The maximum atomic E-state index is 12.3. The van der Waals surface area contributed by atoms with Crippen LogP contribution in [-0.2, 0) is 24.4 Å². The van der Waals surface area contributed by atoms with Crippen molar-refractivity contribution in [3.05, 3.63) is 81.4 Å². The van der Waals surface area contributed by atoms with Crippen LogP contribution in [-0.4, -0.2) is 17.7 Å². The first-order valence-electron chi connectivity index (χ1n) is 9.02. The van der Waals surface area contributed by atoms with Crippen LogP contribution in [0.15, 0.2) is 59.2 Å². The molecule has 0 aliphatic carbocycles. The summed E-state index contributed by atoms with van der Waals surface area (Å²) in [5.74, 6) is 0.153. The Hall–Kier alpha value is -3.39. The molecule has 7 nitrogen and oxygen atoms in total. The number of benzene rings is 1. The molecule has 0 radical (unpaired) electrons. The van der Waals surface area contributed by atoms with Crippen molar-refractivity contribution in [1.29, 1.82) is 0 Å². The maximum absolute atomic E-state index is 12.3. The molecule has 150 valence electrons. The number of nitrogens with one attached hydrogen (secondary N) is 3. The number of hydrogen-bond acceptors (Lipinski definition) is 5. The predicted molar refractivity (Wildman–Crippen MR) is 109 cm³/mol. The van der Waals surface area contributed by atoms with Crippen molar-refractivity contribution < 1.29 is 18.8 Å². The van der Waals surface area contributed by atoms with Gasteiger partial charge in [0.1, 0.15) is 5.76 Å². The lowest BCUT2D eigenvalue weighted by Gasteiger charge is -2.07. The summed E-state index contributed by atoms with van der Waals surface area (Å²) in [5, 5.41) is 8.35. The monoisotopic (exact) mass is 411 g/mol. The zero-order valence-electron chi connectivity index (χ0n) is 15.9. The standard InChI is InChI=1S/C21H21N3O4S/c1-14(25)22-13-18-7-8-19(29-18)21(27)23-11-15-4-2-5-16(10-15)20(26)24-12-17-6-3-9-28-17/h2-10H,11-13H2,1H3,(H,22,25)(H,23,27)(H,24,26). The second-order valence-corrected chi connectivity index (χ2v) is 7.49. The van der Waals surface area contributed by atoms with Crippen LogP contribution >= 0.6 is 11.3 Å². The molecule has 0 saturated heterocycles. The lowest BCUT2D eigenvalue weighted by Crippen LogP contribution is -2.24. The van der Waals surface area contributed by atoms with E-state index in [1.54, 1.807) is 42.7 Å². The van der Waals surface area contributed by atoms with Gasteiger partial charge in [0.25, 0.3) is 11.8 Å². The highest BCUT2D eigenvalue weighted by atomic mass is 32.1. The van der Waals surface area contributed by atoms with Crippen molar-refractivity contribution in [2.24, 2.45) is 0 Å². The topological polar surface area (TPSA) is 100 Å². The molecule has 8 heteroatoms. The minimum Gasteiger partial charge on any atom is -0.467 e. The molecule has 29 heavy (non-hydrogen) atoms. The van der Waals surface area contributed by atoms with Crippen LogP contribution < -0.4 is 16.0 Å². The van der Waals surface area contributed by atoms with E-state index in [1.807, 2.05) is 12.1 Å². The molecule has 0 aliphatic heterocycles. The number of carbonyl (C=O) groups is 3. The molecule has 2 heterocycles. The zero-order valence-corrected chi connectivity index (χ0v) is 16.7. The average molecular weight is 411 g/mol. The summed E-state index contributed by atoms with van der Waals surface area (Å²) in [5.41, 5.74) is 1.33. The van der Waals surface area contributed by atoms with E-state index in [-0.39, 0.29) is 17.7 Å². The highest BCUT2D eigenvalue weighted by Gasteiger charge is 2.11. The summed E-state index contributed by atoms with van der Waals surface area (Å²) in [4.78, 5) is 37.1. The van der Waals surface area contributed by atoms with Gasteiger partial charge in [-0.05, 0) is 42.0 Å². The summed E-state index contributed by atoms with van der Waals surface area (Å²) in [6.07, 6.45) is 1.56. The summed E-state index contributed by atoms with van der Waals surface area (Å²) in [6.45, 7) is 2.47. The third-order valence-corrected chi connectivity index (χ3v) is 5.13. The Balaban J connectivity index is 1.52. The Bertz CT molecular complexity index is 995. The van der Waals surface area contributed by atoms with E-state index in [1.165, 1.54) is 18.3 Å². The van der Waals surface area contributed by atoms with Crippen molar-refractivity contribution in [2.75, 3.05) is 0 Å². The first-order valence-corrected chi connectivity index (χ1v) is 9.84. The Morgan fingerprint density at radius 3 is 2.48 bits per heavy atom. The minimum absolute atomic E-state index is 0.113. The Labute approximate surface area is 172 Å². The highest BCUT2D eigenvalue weighted by molar-refractivity contribution is 7.14. The molecule has 0 spiro atoms. The van der Waals surface area contributed by atoms with Gasteiger partial charge in [0.05, 0.1) is 24.2 Å². The lowest BCUT2D eigenvalue weighted by molar-refractivity contribution is -0.119. The molecule has 1 aromatic carbocycles. The number of carbonyl (C=O) groups excluding carboxylic acids is 3. The van der Waals surface area contributed by atoms with E-state index in [0.717, 1.165) is 10.4 Å². The molecule has 0 saturated carbocycles.